The number of nitrogens with two attached hydrogens (primary N) is 1. The molecule has 0 amide bonds. The zero-order valence-corrected chi connectivity index (χ0v) is 10.9. The minimum Gasteiger partial charge on any atom is -0.328 e. The van der Waals surface area contributed by atoms with Crippen molar-refractivity contribution in [2.45, 2.75) is 44.2 Å². The molecule has 3 heteroatoms. The van der Waals surface area contributed by atoms with Gasteiger partial charge in [0.1, 0.15) is 0 Å². The summed E-state index contributed by atoms with van der Waals surface area (Å²) in [6.07, 6.45) is 6.58. The fraction of sp³-hybridized carbons (Fsp3) is 1.00. The molecule has 2 aliphatic rings. The summed E-state index contributed by atoms with van der Waals surface area (Å²) in [4.78, 5) is 5.05. The standard InChI is InChI=1S/C13H27N3/c1-15(2)13-4-3-7-16(10-13)9-11-5-6-12(14)8-11/h11-13H,3-10,14H2,1-2H3. The van der Waals surface area contributed by atoms with Crippen LogP contribution in [0.25, 0.3) is 0 Å². The first kappa shape index (κ1) is 12.3. The first-order valence-electron chi connectivity index (χ1n) is 6.79. The van der Waals surface area contributed by atoms with Crippen molar-refractivity contribution >= 4 is 0 Å². The Labute approximate surface area is 100.0 Å². The van der Waals surface area contributed by atoms with Crippen LogP contribution >= 0.6 is 0 Å². The molecule has 0 radical (unpaired) electrons. The summed E-state index contributed by atoms with van der Waals surface area (Å²) in [6, 6.07) is 1.25. The summed E-state index contributed by atoms with van der Waals surface area (Å²) in [6.45, 7) is 3.85. The lowest BCUT2D eigenvalue weighted by Gasteiger charge is -2.37. The first-order chi connectivity index (χ1) is 7.65. The fourth-order valence-electron chi connectivity index (χ4n) is 3.26. The maximum Gasteiger partial charge on any atom is 0.0217 e. The molecule has 1 aliphatic carbocycles. The van der Waals surface area contributed by atoms with Crippen LogP contribution in [0.2, 0.25) is 0 Å². The fourth-order valence-corrected chi connectivity index (χ4v) is 3.26. The van der Waals surface area contributed by atoms with Crippen LogP contribution in [0.1, 0.15) is 32.1 Å². The third kappa shape index (κ3) is 3.19. The molecule has 3 nitrogen and oxygen atoms in total. The normalized spacial score (nSPS) is 37.1. The summed E-state index contributed by atoms with van der Waals surface area (Å²) in [5.74, 6) is 0.871. The van der Waals surface area contributed by atoms with Crippen LogP contribution in [-0.2, 0) is 0 Å². The van der Waals surface area contributed by atoms with E-state index < -0.39 is 0 Å². The molecule has 0 spiro atoms. The van der Waals surface area contributed by atoms with Gasteiger partial charge >= 0.3 is 0 Å². The minimum atomic E-state index is 0.486. The zero-order valence-electron chi connectivity index (χ0n) is 10.9. The summed E-state index contributed by atoms with van der Waals surface area (Å²) >= 11 is 0. The van der Waals surface area contributed by atoms with Gasteiger partial charge in [0.25, 0.3) is 0 Å². The zero-order chi connectivity index (χ0) is 11.5. The third-order valence-corrected chi connectivity index (χ3v) is 4.31. The van der Waals surface area contributed by atoms with E-state index in [0.29, 0.717) is 6.04 Å². The summed E-state index contributed by atoms with van der Waals surface area (Å²) in [5.41, 5.74) is 5.98. The first-order valence-corrected chi connectivity index (χ1v) is 6.79. The molecular formula is C13H27N3. The van der Waals surface area contributed by atoms with Gasteiger partial charge in [-0.2, -0.15) is 0 Å². The molecule has 2 N–H and O–H groups in total. The Morgan fingerprint density at radius 1 is 1.25 bits per heavy atom. The van der Waals surface area contributed by atoms with Crippen molar-refractivity contribution in [3.05, 3.63) is 0 Å². The molecule has 0 bridgehead atoms. The minimum absolute atomic E-state index is 0.486. The van der Waals surface area contributed by atoms with E-state index in [0.717, 1.165) is 12.0 Å². The van der Waals surface area contributed by atoms with E-state index >= 15 is 0 Å². The number of nitrogens with zero attached hydrogens (tertiary/aromatic N) is 2. The van der Waals surface area contributed by atoms with E-state index in [1.807, 2.05) is 0 Å². The number of likely N-dealkylation sites (N-methyl/N-ethyl adjacent to an activating group) is 1. The second-order valence-corrected chi connectivity index (χ2v) is 5.96. The largest absolute Gasteiger partial charge is 0.328 e. The Morgan fingerprint density at radius 3 is 2.69 bits per heavy atom. The topological polar surface area (TPSA) is 32.5 Å². The molecule has 0 aromatic carbocycles. The van der Waals surface area contributed by atoms with E-state index in [1.54, 1.807) is 0 Å². The molecule has 3 atom stereocenters. The van der Waals surface area contributed by atoms with Crippen molar-refractivity contribution in [1.82, 2.24) is 9.80 Å². The van der Waals surface area contributed by atoms with Crippen LogP contribution in [0.5, 0.6) is 0 Å². The van der Waals surface area contributed by atoms with Crippen LogP contribution in [0.3, 0.4) is 0 Å². The van der Waals surface area contributed by atoms with E-state index in [1.165, 1.54) is 51.7 Å². The second-order valence-electron chi connectivity index (χ2n) is 5.96. The van der Waals surface area contributed by atoms with Crippen LogP contribution < -0.4 is 5.73 Å². The number of piperidine rings is 1. The van der Waals surface area contributed by atoms with Crippen molar-refractivity contribution in [3.63, 3.8) is 0 Å². The predicted molar refractivity (Wildman–Crippen MR) is 68.5 cm³/mol. The lowest BCUT2D eigenvalue weighted by atomic mass is 10.0. The summed E-state index contributed by atoms with van der Waals surface area (Å²) < 4.78 is 0. The maximum atomic E-state index is 5.98. The highest BCUT2D eigenvalue weighted by atomic mass is 15.2. The highest BCUT2D eigenvalue weighted by molar-refractivity contribution is 4.83. The average Bonchev–Trinajstić information content (AvgIpc) is 2.64. The number of likely N-dealkylation sites (tertiary alicyclic amines) is 1. The molecular weight excluding hydrogens is 198 g/mol. The average molecular weight is 225 g/mol. The molecule has 2 rings (SSSR count). The highest BCUT2D eigenvalue weighted by Gasteiger charge is 2.27. The van der Waals surface area contributed by atoms with Crippen LogP contribution in [0.4, 0.5) is 0 Å². The Balaban J connectivity index is 1.77. The molecule has 94 valence electrons. The van der Waals surface area contributed by atoms with Crippen LogP contribution in [-0.4, -0.2) is 55.6 Å². The van der Waals surface area contributed by atoms with Crippen molar-refractivity contribution in [2.75, 3.05) is 33.7 Å². The van der Waals surface area contributed by atoms with Crippen LogP contribution in [0.15, 0.2) is 0 Å². The van der Waals surface area contributed by atoms with E-state index in [2.05, 4.69) is 23.9 Å². The van der Waals surface area contributed by atoms with E-state index in [4.69, 9.17) is 5.73 Å². The smallest absolute Gasteiger partial charge is 0.0217 e. The van der Waals surface area contributed by atoms with Gasteiger partial charge in [0, 0.05) is 25.2 Å². The Morgan fingerprint density at radius 2 is 2.06 bits per heavy atom. The van der Waals surface area contributed by atoms with Gasteiger partial charge < -0.3 is 15.5 Å². The summed E-state index contributed by atoms with van der Waals surface area (Å²) in [7, 11) is 4.42. The van der Waals surface area contributed by atoms with Gasteiger partial charge in [-0.3, -0.25) is 0 Å². The molecule has 0 aromatic heterocycles. The van der Waals surface area contributed by atoms with Crippen molar-refractivity contribution in [3.8, 4) is 0 Å². The molecule has 0 aromatic rings. The van der Waals surface area contributed by atoms with Crippen molar-refractivity contribution < 1.29 is 0 Å². The van der Waals surface area contributed by atoms with Crippen LogP contribution in [0, 0.1) is 5.92 Å². The Kier molecular flexibility index (Phi) is 4.22. The summed E-state index contributed by atoms with van der Waals surface area (Å²) in [5, 5.41) is 0. The Bertz CT molecular complexity index is 217. The quantitative estimate of drug-likeness (QED) is 0.782. The van der Waals surface area contributed by atoms with Gasteiger partial charge in [-0.25, -0.2) is 0 Å². The molecule has 1 heterocycles. The van der Waals surface area contributed by atoms with Gasteiger partial charge in [0.15, 0.2) is 0 Å². The monoisotopic (exact) mass is 225 g/mol. The predicted octanol–water partition coefficient (Wildman–Crippen LogP) is 1.14. The molecule has 3 unspecified atom stereocenters. The lowest BCUT2D eigenvalue weighted by molar-refractivity contribution is 0.118. The van der Waals surface area contributed by atoms with E-state index in [-0.39, 0.29) is 0 Å². The SMILES string of the molecule is CN(C)C1CCCN(CC2CCC(N)C2)C1. The Hall–Kier alpha value is -0.120. The number of hydrogen-bond donors (Lipinski definition) is 1. The van der Waals surface area contributed by atoms with Crippen molar-refractivity contribution in [1.29, 1.82) is 0 Å². The third-order valence-electron chi connectivity index (χ3n) is 4.31. The molecule has 16 heavy (non-hydrogen) atoms. The molecule has 1 saturated heterocycles. The number of hydrogen-bond acceptors (Lipinski definition) is 3. The van der Waals surface area contributed by atoms with E-state index in [9.17, 15) is 0 Å². The molecule has 1 saturated carbocycles. The number of rotatable bonds is 3. The maximum absolute atomic E-state index is 5.98. The molecule has 1 aliphatic heterocycles. The van der Waals surface area contributed by atoms with Crippen molar-refractivity contribution in [2.24, 2.45) is 11.7 Å². The van der Waals surface area contributed by atoms with Gasteiger partial charge in [0.05, 0.1) is 0 Å². The van der Waals surface area contributed by atoms with Gasteiger partial charge in [-0.1, -0.05) is 0 Å². The molecule has 2 fully saturated rings. The van der Waals surface area contributed by atoms with Gasteiger partial charge in [0.2, 0.25) is 0 Å². The van der Waals surface area contributed by atoms with Gasteiger partial charge in [-0.15, -0.1) is 0 Å². The lowest BCUT2D eigenvalue weighted by Crippen LogP contribution is -2.46. The van der Waals surface area contributed by atoms with Gasteiger partial charge in [-0.05, 0) is 58.7 Å². The second kappa shape index (κ2) is 5.48. The highest BCUT2D eigenvalue weighted by Crippen LogP contribution is 2.26.